The summed E-state index contributed by atoms with van der Waals surface area (Å²) in [7, 11) is 2.17. The molecule has 1 rings (SSSR count). The molecule has 1 aromatic rings. The Morgan fingerprint density at radius 3 is 2.58 bits per heavy atom. The average molecular weight is 283 g/mol. The SMILES string of the molecule is CCCc1nc(N(C)C(C)CCC)sc1CNCC. The Morgan fingerprint density at radius 1 is 1.26 bits per heavy atom. The highest BCUT2D eigenvalue weighted by molar-refractivity contribution is 7.15. The Morgan fingerprint density at radius 2 is 2.00 bits per heavy atom. The van der Waals surface area contributed by atoms with Crippen LogP contribution in [0.4, 0.5) is 5.13 Å². The van der Waals surface area contributed by atoms with Crippen LogP contribution in [0.25, 0.3) is 0 Å². The largest absolute Gasteiger partial charge is 0.348 e. The van der Waals surface area contributed by atoms with E-state index in [1.54, 1.807) is 0 Å². The van der Waals surface area contributed by atoms with Gasteiger partial charge in [0, 0.05) is 24.5 Å². The Labute approximate surface area is 122 Å². The van der Waals surface area contributed by atoms with Crippen molar-refractivity contribution in [2.24, 2.45) is 0 Å². The van der Waals surface area contributed by atoms with Crippen molar-refractivity contribution in [3.8, 4) is 0 Å². The smallest absolute Gasteiger partial charge is 0.185 e. The topological polar surface area (TPSA) is 28.2 Å². The average Bonchev–Trinajstić information content (AvgIpc) is 2.79. The number of hydrogen-bond donors (Lipinski definition) is 1. The van der Waals surface area contributed by atoms with Gasteiger partial charge in [0.25, 0.3) is 0 Å². The molecule has 1 N–H and O–H groups in total. The van der Waals surface area contributed by atoms with Gasteiger partial charge >= 0.3 is 0 Å². The molecule has 0 aliphatic carbocycles. The van der Waals surface area contributed by atoms with Gasteiger partial charge in [-0.25, -0.2) is 4.98 Å². The van der Waals surface area contributed by atoms with E-state index in [0.29, 0.717) is 6.04 Å². The van der Waals surface area contributed by atoms with Gasteiger partial charge in [-0.1, -0.05) is 33.6 Å². The van der Waals surface area contributed by atoms with Gasteiger partial charge in [0.2, 0.25) is 0 Å². The Balaban J connectivity index is 2.83. The first kappa shape index (κ1) is 16.4. The third kappa shape index (κ3) is 4.77. The van der Waals surface area contributed by atoms with Crippen LogP contribution in [0.2, 0.25) is 0 Å². The summed E-state index contributed by atoms with van der Waals surface area (Å²) in [6.45, 7) is 10.9. The lowest BCUT2D eigenvalue weighted by molar-refractivity contribution is 0.614. The molecule has 0 aliphatic rings. The monoisotopic (exact) mass is 283 g/mol. The molecule has 0 spiro atoms. The summed E-state index contributed by atoms with van der Waals surface area (Å²) in [5.41, 5.74) is 1.29. The summed E-state index contributed by atoms with van der Waals surface area (Å²) in [5.74, 6) is 0. The number of aryl methyl sites for hydroxylation is 1. The van der Waals surface area contributed by atoms with E-state index < -0.39 is 0 Å². The molecule has 19 heavy (non-hydrogen) atoms. The van der Waals surface area contributed by atoms with E-state index in [1.807, 2.05) is 11.3 Å². The zero-order chi connectivity index (χ0) is 14.3. The quantitative estimate of drug-likeness (QED) is 0.746. The van der Waals surface area contributed by atoms with Crippen LogP contribution in [0, 0.1) is 0 Å². The fourth-order valence-electron chi connectivity index (χ4n) is 2.13. The summed E-state index contributed by atoms with van der Waals surface area (Å²) in [6.07, 6.45) is 4.70. The molecular weight excluding hydrogens is 254 g/mol. The molecule has 0 amide bonds. The van der Waals surface area contributed by atoms with Crippen LogP contribution in [-0.4, -0.2) is 24.6 Å². The number of nitrogens with zero attached hydrogens (tertiary/aromatic N) is 2. The van der Waals surface area contributed by atoms with Crippen LogP contribution >= 0.6 is 11.3 Å². The van der Waals surface area contributed by atoms with Crippen LogP contribution in [0.1, 0.15) is 57.5 Å². The molecule has 4 heteroatoms. The molecule has 1 atom stereocenters. The highest BCUT2D eigenvalue weighted by Crippen LogP contribution is 2.28. The van der Waals surface area contributed by atoms with E-state index in [2.05, 4.69) is 45.0 Å². The van der Waals surface area contributed by atoms with Crippen LogP contribution in [-0.2, 0) is 13.0 Å². The number of nitrogens with one attached hydrogen (secondary N) is 1. The van der Waals surface area contributed by atoms with Crippen molar-refractivity contribution in [2.75, 3.05) is 18.5 Å². The fourth-order valence-corrected chi connectivity index (χ4v) is 3.27. The maximum absolute atomic E-state index is 4.86. The molecule has 3 nitrogen and oxygen atoms in total. The number of thiazole rings is 1. The lowest BCUT2D eigenvalue weighted by Gasteiger charge is -2.23. The summed E-state index contributed by atoms with van der Waals surface area (Å²) in [5, 5.41) is 4.60. The van der Waals surface area contributed by atoms with Crippen molar-refractivity contribution >= 4 is 16.5 Å². The molecule has 0 bridgehead atoms. The second-order valence-corrected chi connectivity index (χ2v) is 6.21. The van der Waals surface area contributed by atoms with E-state index in [-0.39, 0.29) is 0 Å². The standard InChI is InChI=1S/C15H29N3S/c1-6-9-12(4)18(5)15-17-13(10-7-2)14(19-15)11-16-8-3/h12,16H,6-11H2,1-5H3. The Hall–Kier alpha value is -0.610. The van der Waals surface area contributed by atoms with E-state index in [0.717, 1.165) is 25.9 Å². The Bertz CT molecular complexity index is 362. The van der Waals surface area contributed by atoms with E-state index >= 15 is 0 Å². The zero-order valence-corrected chi connectivity index (χ0v) is 13.9. The molecule has 0 fully saturated rings. The van der Waals surface area contributed by atoms with Crippen LogP contribution in [0.3, 0.4) is 0 Å². The molecule has 0 aliphatic heterocycles. The van der Waals surface area contributed by atoms with Crippen molar-refractivity contribution in [3.63, 3.8) is 0 Å². The predicted octanol–water partition coefficient (Wildman–Crippen LogP) is 3.83. The second kappa shape index (κ2) is 8.54. The maximum atomic E-state index is 4.86. The lowest BCUT2D eigenvalue weighted by Crippen LogP contribution is -2.28. The number of rotatable bonds is 9. The van der Waals surface area contributed by atoms with E-state index in [1.165, 1.54) is 28.5 Å². The Kier molecular flexibility index (Phi) is 7.39. The van der Waals surface area contributed by atoms with Gasteiger partial charge in [0.15, 0.2) is 5.13 Å². The molecular formula is C15H29N3S. The van der Waals surface area contributed by atoms with Gasteiger partial charge in [0.1, 0.15) is 0 Å². The van der Waals surface area contributed by atoms with Gasteiger partial charge in [-0.15, -0.1) is 11.3 Å². The highest BCUT2D eigenvalue weighted by atomic mass is 32.1. The highest BCUT2D eigenvalue weighted by Gasteiger charge is 2.16. The minimum absolute atomic E-state index is 0.567. The maximum Gasteiger partial charge on any atom is 0.185 e. The first-order valence-corrected chi connectivity index (χ1v) is 8.37. The second-order valence-electron chi connectivity index (χ2n) is 5.15. The molecule has 0 aromatic carbocycles. The van der Waals surface area contributed by atoms with Crippen molar-refractivity contribution in [1.82, 2.24) is 10.3 Å². The minimum Gasteiger partial charge on any atom is -0.348 e. The lowest BCUT2D eigenvalue weighted by atomic mass is 10.2. The zero-order valence-electron chi connectivity index (χ0n) is 13.1. The van der Waals surface area contributed by atoms with E-state index in [4.69, 9.17) is 4.98 Å². The van der Waals surface area contributed by atoms with Crippen LogP contribution in [0.15, 0.2) is 0 Å². The van der Waals surface area contributed by atoms with Gasteiger partial charge in [0.05, 0.1) is 5.69 Å². The molecule has 0 saturated carbocycles. The van der Waals surface area contributed by atoms with Gasteiger partial charge < -0.3 is 10.2 Å². The summed E-state index contributed by atoms with van der Waals surface area (Å²) < 4.78 is 0. The van der Waals surface area contributed by atoms with Gasteiger partial charge in [-0.05, 0) is 26.3 Å². The van der Waals surface area contributed by atoms with Crippen LogP contribution in [0.5, 0.6) is 0 Å². The van der Waals surface area contributed by atoms with Gasteiger partial charge in [-0.3, -0.25) is 0 Å². The van der Waals surface area contributed by atoms with E-state index in [9.17, 15) is 0 Å². The van der Waals surface area contributed by atoms with Crippen molar-refractivity contribution in [3.05, 3.63) is 10.6 Å². The molecule has 0 saturated heterocycles. The molecule has 1 unspecified atom stereocenters. The molecule has 1 heterocycles. The summed E-state index contributed by atoms with van der Waals surface area (Å²) in [6, 6.07) is 0.567. The van der Waals surface area contributed by atoms with Gasteiger partial charge in [-0.2, -0.15) is 0 Å². The minimum atomic E-state index is 0.567. The van der Waals surface area contributed by atoms with Crippen molar-refractivity contribution in [1.29, 1.82) is 0 Å². The first-order chi connectivity index (χ1) is 9.13. The third-order valence-electron chi connectivity index (χ3n) is 3.46. The molecule has 110 valence electrons. The van der Waals surface area contributed by atoms with Crippen LogP contribution < -0.4 is 10.2 Å². The summed E-state index contributed by atoms with van der Waals surface area (Å²) in [4.78, 5) is 8.61. The number of aromatic nitrogens is 1. The molecule has 1 aromatic heterocycles. The number of hydrogen-bond acceptors (Lipinski definition) is 4. The predicted molar refractivity (Wildman–Crippen MR) is 86.3 cm³/mol. The van der Waals surface area contributed by atoms with Crippen molar-refractivity contribution in [2.45, 2.75) is 66.0 Å². The summed E-state index contributed by atoms with van der Waals surface area (Å²) >= 11 is 1.85. The van der Waals surface area contributed by atoms with Crippen molar-refractivity contribution < 1.29 is 0 Å². The number of anilines is 1. The normalized spacial score (nSPS) is 12.7. The molecule has 0 radical (unpaired) electrons. The first-order valence-electron chi connectivity index (χ1n) is 7.56. The third-order valence-corrected chi connectivity index (χ3v) is 4.65. The fraction of sp³-hybridized carbons (Fsp3) is 0.800.